The summed E-state index contributed by atoms with van der Waals surface area (Å²) in [4.78, 5) is 4.66. The van der Waals surface area contributed by atoms with Crippen LogP contribution >= 0.6 is 11.6 Å². The van der Waals surface area contributed by atoms with Crippen molar-refractivity contribution in [1.82, 2.24) is 15.0 Å². The summed E-state index contributed by atoms with van der Waals surface area (Å²) >= 11 is 5.88. The molecule has 1 aromatic carbocycles. The average Bonchev–Trinajstić information content (AvgIpc) is 2.95. The number of nitrogens with zero attached hydrogens (tertiary/aromatic N) is 3. The van der Waals surface area contributed by atoms with E-state index in [-0.39, 0.29) is 0 Å². The first-order chi connectivity index (χ1) is 11.1. The van der Waals surface area contributed by atoms with Gasteiger partial charge in [0.15, 0.2) is 0 Å². The molecule has 1 aromatic heterocycles. The van der Waals surface area contributed by atoms with E-state index in [2.05, 4.69) is 15.0 Å². The summed E-state index contributed by atoms with van der Waals surface area (Å²) in [6.07, 6.45) is -0.475. The molecule has 0 radical (unpaired) electrons. The fourth-order valence-electron chi connectivity index (χ4n) is 2.89. The van der Waals surface area contributed by atoms with Gasteiger partial charge in [-0.1, -0.05) is 28.9 Å². The molecule has 1 saturated heterocycles. The molecular weight excluding hydrogens is 314 g/mol. The number of halogens is 1. The van der Waals surface area contributed by atoms with E-state index >= 15 is 0 Å². The molecule has 1 atom stereocenters. The lowest BCUT2D eigenvalue weighted by molar-refractivity contribution is 0.0693. The Morgan fingerprint density at radius 3 is 2.43 bits per heavy atom. The van der Waals surface area contributed by atoms with Crippen molar-refractivity contribution in [3.05, 3.63) is 52.4 Å². The van der Waals surface area contributed by atoms with Crippen LogP contribution in [0.5, 0.6) is 0 Å². The van der Waals surface area contributed by atoms with Crippen LogP contribution in [0.15, 0.2) is 34.9 Å². The van der Waals surface area contributed by atoms with Crippen molar-refractivity contribution in [1.29, 1.82) is 0 Å². The molecule has 3 rings (SSSR count). The number of hydrogen-bond acceptors (Lipinski definition) is 5. The monoisotopic (exact) mass is 335 g/mol. The van der Waals surface area contributed by atoms with Gasteiger partial charge < -0.3 is 9.63 Å². The summed E-state index contributed by atoms with van der Waals surface area (Å²) in [5, 5.41) is 15.1. The summed E-state index contributed by atoms with van der Waals surface area (Å²) in [5.41, 5.74) is 1.90. The number of piperazine rings is 1. The zero-order chi connectivity index (χ0) is 16.2. The van der Waals surface area contributed by atoms with Gasteiger partial charge in [-0.05, 0) is 24.6 Å². The van der Waals surface area contributed by atoms with Crippen molar-refractivity contribution in [3.8, 4) is 0 Å². The Bertz CT molecular complexity index is 621. The Labute approximate surface area is 141 Å². The number of aromatic nitrogens is 1. The number of aliphatic hydroxyl groups excluding tert-OH is 1. The van der Waals surface area contributed by atoms with Crippen molar-refractivity contribution in [2.45, 2.75) is 19.6 Å². The summed E-state index contributed by atoms with van der Waals surface area (Å²) < 4.78 is 5.11. The van der Waals surface area contributed by atoms with E-state index in [0.717, 1.165) is 49.7 Å². The minimum atomic E-state index is -0.475. The van der Waals surface area contributed by atoms with Crippen LogP contribution in [0.4, 0.5) is 0 Å². The van der Waals surface area contributed by atoms with Crippen LogP contribution in [-0.2, 0) is 6.54 Å². The number of rotatable bonds is 5. The van der Waals surface area contributed by atoms with Crippen LogP contribution < -0.4 is 0 Å². The predicted molar refractivity (Wildman–Crippen MR) is 89.4 cm³/mol. The van der Waals surface area contributed by atoms with Crippen molar-refractivity contribution in [3.63, 3.8) is 0 Å². The van der Waals surface area contributed by atoms with Crippen molar-refractivity contribution in [2.75, 3.05) is 32.7 Å². The number of aryl methyl sites for hydroxylation is 1. The van der Waals surface area contributed by atoms with E-state index < -0.39 is 6.10 Å². The van der Waals surface area contributed by atoms with Crippen molar-refractivity contribution >= 4 is 11.6 Å². The van der Waals surface area contributed by atoms with E-state index in [9.17, 15) is 5.11 Å². The lowest BCUT2D eigenvalue weighted by Gasteiger charge is -2.35. The Balaban J connectivity index is 1.46. The minimum absolute atomic E-state index is 0.475. The van der Waals surface area contributed by atoms with Gasteiger partial charge in [0.1, 0.15) is 5.76 Å². The smallest absolute Gasteiger partial charge is 0.133 e. The van der Waals surface area contributed by atoms with Gasteiger partial charge in [0.2, 0.25) is 0 Å². The first kappa shape index (κ1) is 16.5. The molecule has 1 fully saturated rings. The molecule has 0 unspecified atom stereocenters. The molecular formula is C17H22ClN3O2. The first-order valence-electron chi connectivity index (χ1n) is 7.90. The van der Waals surface area contributed by atoms with Gasteiger partial charge in [-0.3, -0.25) is 9.80 Å². The second-order valence-corrected chi connectivity index (χ2v) is 6.51. The molecule has 2 heterocycles. The van der Waals surface area contributed by atoms with Gasteiger partial charge in [0, 0.05) is 50.4 Å². The summed E-state index contributed by atoms with van der Waals surface area (Å²) in [7, 11) is 0. The molecule has 0 bridgehead atoms. The van der Waals surface area contributed by atoms with Crippen molar-refractivity contribution < 1.29 is 9.63 Å². The predicted octanol–water partition coefficient (Wildman–Crippen LogP) is 2.49. The third-order valence-corrected chi connectivity index (χ3v) is 4.47. The SMILES string of the molecule is Cc1cc(CN2CCN(C[C@H](O)c3ccc(Cl)cc3)CC2)no1. The second-order valence-electron chi connectivity index (χ2n) is 6.07. The van der Waals surface area contributed by atoms with Crippen LogP contribution in [0.25, 0.3) is 0 Å². The third kappa shape index (κ3) is 4.54. The number of β-amino-alcohol motifs (C(OH)–C–C–N with tert-alkyl or cyclic N) is 1. The van der Waals surface area contributed by atoms with E-state index in [1.54, 1.807) is 0 Å². The quantitative estimate of drug-likeness (QED) is 0.909. The molecule has 0 saturated carbocycles. The zero-order valence-electron chi connectivity index (χ0n) is 13.3. The summed E-state index contributed by atoms with van der Waals surface area (Å²) in [6, 6.07) is 9.39. The molecule has 1 aliphatic heterocycles. The first-order valence-corrected chi connectivity index (χ1v) is 8.28. The molecule has 23 heavy (non-hydrogen) atoms. The number of hydrogen-bond donors (Lipinski definition) is 1. The normalized spacial score (nSPS) is 18.2. The van der Waals surface area contributed by atoms with Gasteiger partial charge in [-0.15, -0.1) is 0 Å². The largest absolute Gasteiger partial charge is 0.387 e. The molecule has 0 aliphatic carbocycles. The van der Waals surface area contributed by atoms with Gasteiger partial charge >= 0.3 is 0 Å². The fourth-order valence-corrected chi connectivity index (χ4v) is 3.01. The lowest BCUT2D eigenvalue weighted by atomic mass is 10.1. The summed E-state index contributed by atoms with van der Waals surface area (Å²) in [5.74, 6) is 0.852. The zero-order valence-corrected chi connectivity index (χ0v) is 14.0. The highest BCUT2D eigenvalue weighted by molar-refractivity contribution is 6.30. The Hall–Kier alpha value is -1.40. The molecule has 2 aromatic rings. The van der Waals surface area contributed by atoms with Crippen molar-refractivity contribution in [2.24, 2.45) is 0 Å². The van der Waals surface area contributed by atoms with Gasteiger partial charge in [0.05, 0.1) is 11.8 Å². The Morgan fingerprint density at radius 1 is 1.17 bits per heavy atom. The van der Waals surface area contributed by atoms with Crippen LogP contribution in [0.3, 0.4) is 0 Å². The van der Waals surface area contributed by atoms with E-state index in [1.807, 2.05) is 37.3 Å². The second kappa shape index (κ2) is 7.45. The maximum atomic E-state index is 10.3. The fraction of sp³-hybridized carbons (Fsp3) is 0.471. The summed E-state index contributed by atoms with van der Waals surface area (Å²) in [6.45, 7) is 7.22. The Morgan fingerprint density at radius 2 is 1.83 bits per heavy atom. The third-order valence-electron chi connectivity index (χ3n) is 4.21. The molecule has 1 aliphatic rings. The van der Waals surface area contributed by atoms with E-state index in [4.69, 9.17) is 16.1 Å². The molecule has 5 nitrogen and oxygen atoms in total. The van der Waals surface area contributed by atoms with Crippen LogP contribution in [0.2, 0.25) is 5.02 Å². The molecule has 6 heteroatoms. The highest BCUT2D eigenvalue weighted by Gasteiger charge is 2.20. The number of aliphatic hydroxyl groups is 1. The minimum Gasteiger partial charge on any atom is -0.387 e. The topological polar surface area (TPSA) is 52.7 Å². The van der Waals surface area contributed by atoms with Crippen LogP contribution in [-0.4, -0.2) is 52.8 Å². The van der Waals surface area contributed by atoms with E-state index in [1.165, 1.54) is 0 Å². The van der Waals surface area contributed by atoms with Crippen LogP contribution in [0.1, 0.15) is 23.1 Å². The molecule has 1 N–H and O–H groups in total. The van der Waals surface area contributed by atoms with Gasteiger partial charge in [0.25, 0.3) is 0 Å². The highest BCUT2D eigenvalue weighted by atomic mass is 35.5. The molecule has 0 amide bonds. The standard InChI is InChI=1S/C17H22ClN3O2/c1-13-10-16(19-23-13)11-20-6-8-21(9-7-20)12-17(22)14-2-4-15(18)5-3-14/h2-5,10,17,22H,6-9,11-12H2,1H3/t17-/m0/s1. The Kier molecular flexibility index (Phi) is 5.33. The lowest BCUT2D eigenvalue weighted by Crippen LogP contribution is -2.47. The molecule has 0 spiro atoms. The van der Waals surface area contributed by atoms with Crippen LogP contribution in [0, 0.1) is 6.92 Å². The number of benzene rings is 1. The van der Waals surface area contributed by atoms with Gasteiger partial charge in [-0.2, -0.15) is 0 Å². The maximum Gasteiger partial charge on any atom is 0.133 e. The molecule has 124 valence electrons. The average molecular weight is 336 g/mol. The van der Waals surface area contributed by atoms with Gasteiger partial charge in [-0.25, -0.2) is 0 Å². The highest BCUT2D eigenvalue weighted by Crippen LogP contribution is 2.18. The maximum absolute atomic E-state index is 10.3. The van der Waals surface area contributed by atoms with E-state index in [0.29, 0.717) is 11.6 Å².